The fourth-order valence-corrected chi connectivity index (χ4v) is 3.20. The third-order valence-electron chi connectivity index (χ3n) is 4.32. The lowest BCUT2D eigenvalue weighted by Gasteiger charge is -2.09. The second-order valence-corrected chi connectivity index (χ2v) is 7.51. The minimum atomic E-state index is -0.798. The Morgan fingerprint density at radius 1 is 0.844 bits per heavy atom. The molecule has 3 aromatic rings. The number of nitrogens with one attached hydrogen (secondary N) is 2. The van der Waals surface area contributed by atoms with E-state index in [2.05, 4.69) is 26.6 Å². The van der Waals surface area contributed by atoms with Gasteiger partial charge in [-0.3, -0.25) is 9.59 Å². The van der Waals surface area contributed by atoms with Gasteiger partial charge in [0.1, 0.15) is 5.75 Å². The van der Waals surface area contributed by atoms with Crippen LogP contribution in [0.3, 0.4) is 0 Å². The molecule has 0 atom stereocenters. The van der Waals surface area contributed by atoms with Crippen LogP contribution in [-0.2, 0) is 16.0 Å². The number of anilines is 2. The van der Waals surface area contributed by atoms with E-state index < -0.39 is 6.16 Å². The van der Waals surface area contributed by atoms with E-state index in [0.29, 0.717) is 16.9 Å². The number of ether oxygens (including phenoxy) is 2. The molecule has 0 radical (unpaired) electrons. The Bertz CT molecular complexity index is 1100. The van der Waals surface area contributed by atoms with Crippen LogP contribution in [0.25, 0.3) is 0 Å². The Hall–Kier alpha value is -3.65. The van der Waals surface area contributed by atoms with Crippen molar-refractivity contribution in [1.82, 2.24) is 0 Å². The molecule has 3 aromatic carbocycles. The van der Waals surface area contributed by atoms with E-state index in [1.54, 1.807) is 43.3 Å². The first-order valence-corrected chi connectivity index (χ1v) is 10.6. The summed E-state index contributed by atoms with van der Waals surface area (Å²) >= 11 is 3.43. The average Bonchev–Trinajstić information content (AvgIpc) is 2.77. The SMILES string of the molecule is CCOC(=O)Oc1ccc(C(=O)Nc2ccc(NC(=O)Cc3ccccc3Br)cc2)cc1. The van der Waals surface area contributed by atoms with Crippen molar-refractivity contribution in [1.29, 1.82) is 0 Å². The van der Waals surface area contributed by atoms with E-state index in [4.69, 9.17) is 9.47 Å². The smallest absolute Gasteiger partial charge is 0.434 e. The van der Waals surface area contributed by atoms with Crippen molar-refractivity contribution in [3.63, 3.8) is 0 Å². The Morgan fingerprint density at radius 3 is 2.09 bits per heavy atom. The summed E-state index contributed by atoms with van der Waals surface area (Å²) in [6.07, 6.45) is -0.552. The van der Waals surface area contributed by atoms with Gasteiger partial charge in [-0.2, -0.15) is 0 Å². The van der Waals surface area contributed by atoms with Gasteiger partial charge in [0.25, 0.3) is 5.91 Å². The zero-order chi connectivity index (χ0) is 22.9. The Labute approximate surface area is 193 Å². The predicted octanol–water partition coefficient (Wildman–Crippen LogP) is 5.42. The molecule has 0 spiro atoms. The Morgan fingerprint density at radius 2 is 1.47 bits per heavy atom. The largest absolute Gasteiger partial charge is 0.513 e. The summed E-state index contributed by atoms with van der Waals surface area (Å²) in [7, 11) is 0. The highest BCUT2D eigenvalue weighted by molar-refractivity contribution is 9.10. The molecule has 0 heterocycles. The van der Waals surface area contributed by atoms with Crippen LogP contribution in [0.5, 0.6) is 5.75 Å². The maximum atomic E-state index is 12.4. The minimum Gasteiger partial charge on any atom is -0.434 e. The minimum absolute atomic E-state index is 0.140. The van der Waals surface area contributed by atoms with E-state index in [-0.39, 0.29) is 30.6 Å². The van der Waals surface area contributed by atoms with E-state index in [1.165, 1.54) is 12.1 Å². The van der Waals surface area contributed by atoms with Crippen LogP contribution >= 0.6 is 15.9 Å². The molecule has 0 saturated heterocycles. The maximum Gasteiger partial charge on any atom is 0.513 e. The van der Waals surface area contributed by atoms with Crippen molar-refractivity contribution in [3.05, 3.63) is 88.4 Å². The van der Waals surface area contributed by atoms with E-state index in [0.717, 1.165) is 10.0 Å². The van der Waals surface area contributed by atoms with Crippen LogP contribution in [0.1, 0.15) is 22.8 Å². The van der Waals surface area contributed by atoms with Crippen molar-refractivity contribution in [2.45, 2.75) is 13.3 Å². The van der Waals surface area contributed by atoms with Gasteiger partial charge in [-0.05, 0) is 67.1 Å². The first-order chi connectivity index (χ1) is 15.4. The van der Waals surface area contributed by atoms with Crippen LogP contribution < -0.4 is 15.4 Å². The molecular formula is C24H21BrN2O5. The van der Waals surface area contributed by atoms with Gasteiger partial charge in [0.15, 0.2) is 0 Å². The van der Waals surface area contributed by atoms with Gasteiger partial charge in [0.2, 0.25) is 5.91 Å². The van der Waals surface area contributed by atoms with Crippen molar-refractivity contribution in [3.8, 4) is 5.75 Å². The lowest BCUT2D eigenvalue weighted by Crippen LogP contribution is -2.15. The van der Waals surface area contributed by atoms with Crippen molar-refractivity contribution in [2.24, 2.45) is 0 Å². The molecule has 0 aliphatic rings. The molecule has 0 saturated carbocycles. The zero-order valence-electron chi connectivity index (χ0n) is 17.3. The maximum absolute atomic E-state index is 12.4. The second kappa shape index (κ2) is 11.1. The fourth-order valence-electron chi connectivity index (χ4n) is 2.78. The number of carbonyl (C=O) groups excluding carboxylic acids is 3. The monoisotopic (exact) mass is 496 g/mol. The lowest BCUT2D eigenvalue weighted by atomic mass is 10.1. The molecule has 0 unspecified atom stereocenters. The van der Waals surface area contributed by atoms with Gasteiger partial charge in [-0.25, -0.2) is 4.79 Å². The van der Waals surface area contributed by atoms with Crippen molar-refractivity contribution >= 4 is 45.3 Å². The highest BCUT2D eigenvalue weighted by atomic mass is 79.9. The molecule has 2 N–H and O–H groups in total. The Kier molecular flexibility index (Phi) is 7.99. The van der Waals surface area contributed by atoms with Crippen LogP contribution in [0.2, 0.25) is 0 Å². The summed E-state index contributed by atoms with van der Waals surface area (Å²) in [4.78, 5) is 36.0. The standard InChI is InChI=1S/C24H21BrN2O5/c1-2-31-24(30)32-20-13-7-16(8-14-20)23(29)27-19-11-9-18(10-12-19)26-22(28)15-17-5-3-4-6-21(17)25/h3-14H,2,15H2,1H3,(H,26,28)(H,27,29). The number of hydrogen-bond donors (Lipinski definition) is 2. The summed E-state index contributed by atoms with van der Waals surface area (Å²) < 4.78 is 10.6. The normalized spacial score (nSPS) is 10.2. The molecule has 0 aliphatic heterocycles. The molecule has 164 valence electrons. The molecule has 3 rings (SSSR count). The second-order valence-electron chi connectivity index (χ2n) is 6.66. The summed E-state index contributed by atoms with van der Waals surface area (Å²) in [5.74, 6) is -0.181. The molecule has 8 heteroatoms. The van der Waals surface area contributed by atoms with Gasteiger partial charge in [0, 0.05) is 21.4 Å². The van der Waals surface area contributed by atoms with Crippen LogP contribution in [0.4, 0.5) is 16.2 Å². The molecule has 0 bridgehead atoms. The first kappa shape index (κ1) is 23.0. The highest BCUT2D eigenvalue weighted by Gasteiger charge is 2.10. The van der Waals surface area contributed by atoms with Crippen LogP contribution in [0.15, 0.2) is 77.3 Å². The molecule has 2 amide bonds. The third-order valence-corrected chi connectivity index (χ3v) is 5.09. The number of carbonyl (C=O) groups is 3. The van der Waals surface area contributed by atoms with E-state index in [9.17, 15) is 14.4 Å². The topological polar surface area (TPSA) is 93.7 Å². The quantitative estimate of drug-likeness (QED) is 0.336. The third kappa shape index (κ3) is 6.68. The van der Waals surface area contributed by atoms with Gasteiger partial charge in [0.05, 0.1) is 13.0 Å². The summed E-state index contributed by atoms with van der Waals surface area (Å²) in [5, 5.41) is 5.61. The van der Waals surface area contributed by atoms with Gasteiger partial charge >= 0.3 is 6.16 Å². The predicted molar refractivity (Wildman–Crippen MR) is 125 cm³/mol. The van der Waals surface area contributed by atoms with Crippen LogP contribution in [0, 0.1) is 0 Å². The fraction of sp³-hybridized carbons (Fsp3) is 0.125. The van der Waals surface area contributed by atoms with Crippen molar-refractivity contribution < 1.29 is 23.9 Å². The Balaban J connectivity index is 1.53. The molecule has 7 nitrogen and oxygen atoms in total. The summed E-state index contributed by atoms with van der Waals surface area (Å²) in [6, 6.07) is 20.5. The van der Waals surface area contributed by atoms with E-state index >= 15 is 0 Å². The van der Waals surface area contributed by atoms with Gasteiger partial charge < -0.3 is 20.1 Å². The lowest BCUT2D eigenvalue weighted by molar-refractivity contribution is -0.115. The highest BCUT2D eigenvalue weighted by Crippen LogP contribution is 2.19. The number of rotatable bonds is 7. The molecule has 32 heavy (non-hydrogen) atoms. The van der Waals surface area contributed by atoms with Crippen LogP contribution in [-0.4, -0.2) is 24.6 Å². The number of benzene rings is 3. The molecule has 0 aliphatic carbocycles. The first-order valence-electron chi connectivity index (χ1n) is 9.84. The number of hydrogen-bond acceptors (Lipinski definition) is 5. The number of halogens is 1. The molecule has 0 fully saturated rings. The summed E-state index contributed by atoms with van der Waals surface area (Å²) in [6.45, 7) is 1.89. The summed E-state index contributed by atoms with van der Waals surface area (Å²) in [5.41, 5.74) is 2.49. The van der Waals surface area contributed by atoms with Crippen molar-refractivity contribution in [2.75, 3.05) is 17.2 Å². The number of amides is 2. The molecular weight excluding hydrogens is 476 g/mol. The van der Waals surface area contributed by atoms with Gasteiger partial charge in [-0.1, -0.05) is 34.1 Å². The van der Waals surface area contributed by atoms with Gasteiger partial charge in [-0.15, -0.1) is 0 Å². The zero-order valence-corrected chi connectivity index (χ0v) is 18.8. The van der Waals surface area contributed by atoms with E-state index in [1.807, 2.05) is 24.3 Å². The molecule has 0 aromatic heterocycles. The average molecular weight is 497 g/mol.